The number of nitrogen functional groups attached to an aromatic ring is 1. The molecule has 1 aromatic carbocycles. The lowest BCUT2D eigenvalue weighted by atomic mass is 10.3. The molecule has 0 aliphatic rings. The van der Waals surface area contributed by atoms with E-state index in [2.05, 4.69) is 10.3 Å². The number of hydrogen-bond acceptors (Lipinski definition) is 3. The van der Waals surface area contributed by atoms with Gasteiger partial charge in [-0.15, -0.1) is 0 Å². The van der Waals surface area contributed by atoms with Gasteiger partial charge < -0.3 is 11.1 Å². The van der Waals surface area contributed by atoms with Gasteiger partial charge in [-0.05, 0) is 30.3 Å². The van der Waals surface area contributed by atoms with E-state index in [0.29, 0.717) is 5.69 Å². The quantitative estimate of drug-likeness (QED) is 0.877. The molecule has 1 amide bonds. The van der Waals surface area contributed by atoms with E-state index in [0.717, 1.165) is 6.07 Å². The van der Waals surface area contributed by atoms with Crippen molar-refractivity contribution < 1.29 is 9.18 Å². The summed E-state index contributed by atoms with van der Waals surface area (Å²) in [5, 5.41) is 2.64. The van der Waals surface area contributed by atoms with E-state index in [1.165, 1.54) is 18.2 Å². The first-order chi connectivity index (χ1) is 8.56. The molecular formula is C12H9ClFN3O. The molecule has 0 bridgehead atoms. The van der Waals surface area contributed by atoms with Crippen LogP contribution in [0.4, 0.5) is 15.9 Å². The van der Waals surface area contributed by atoms with Gasteiger partial charge in [-0.2, -0.15) is 0 Å². The van der Waals surface area contributed by atoms with Gasteiger partial charge in [-0.3, -0.25) is 4.79 Å². The summed E-state index contributed by atoms with van der Waals surface area (Å²) in [6.07, 6.45) is 0. The van der Waals surface area contributed by atoms with Crippen LogP contribution in [0.25, 0.3) is 0 Å². The van der Waals surface area contributed by atoms with Crippen LogP contribution in [0.1, 0.15) is 10.5 Å². The van der Waals surface area contributed by atoms with E-state index >= 15 is 0 Å². The molecule has 2 aromatic rings. The molecule has 0 atom stereocenters. The highest BCUT2D eigenvalue weighted by Crippen LogP contribution is 2.22. The zero-order valence-corrected chi connectivity index (χ0v) is 9.91. The molecule has 3 N–H and O–H groups in total. The Bertz CT molecular complexity index is 604. The molecule has 18 heavy (non-hydrogen) atoms. The number of carbonyl (C=O) groups is 1. The summed E-state index contributed by atoms with van der Waals surface area (Å²) >= 11 is 5.79. The number of rotatable bonds is 2. The van der Waals surface area contributed by atoms with Gasteiger partial charge in [0, 0.05) is 0 Å². The second kappa shape index (κ2) is 5.01. The zero-order valence-electron chi connectivity index (χ0n) is 9.15. The Morgan fingerprint density at radius 2 is 2.11 bits per heavy atom. The van der Waals surface area contributed by atoms with Crippen LogP contribution in [-0.2, 0) is 0 Å². The smallest absolute Gasteiger partial charge is 0.274 e. The minimum absolute atomic E-state index is 0.118. The van der Waals surface area contributed by atoms with Crippen LogP contribution in [0.3, 0.4) is 0 Å². The predicted octanol–water partition coefficient (Wildman–Crippen LogP) is 2.71. The number of halogens is 2. The summed E-state index contributed by atoms with van der Waals surface area (Å²) in [6, 6.07) is 8.40. The number of aromatic nitrogens is 1. The standard InChI is InChI=1S/C12H9ClFN3O/c13-8-6-7(14)4-5-9(8)17-12(18)10-2-1-3-11(15)16-10/h1-6H,(H2,15,16)(H,17,18). The van der Waals surface area contributed by atoms with Crippen LogP contribution >= 0.6 is 11.6 Å². The molecule has 4 nitrogen and oxygen atoms in total. The van der Waals surface area contributed by atoms with Gasteiger partial charge >= 0.3 is 0 Å². The van der Waals surface area contributed by atoms with Gasteiger partial charge in [0.1, 0.15) is 17.3 Å². The van der Waals surface area contributed by atoms with Gasteiger partial charge in [-0.25, -0.2) is 9.37 Å². The van der Waals surface area contributed by atoms with E-state index < -0.39 is 11.7 Å². The summed E-state index contributed by atoms with van der Waals surface area (Å²) in [4.78, 5) is 15.7. The van der Waals surface area contributed by atoms with Crippen LogP contribution < -0.4 is 11.1 Å². The molecule has 0 spiro atoms. The number of amides is 1. The minimum Gasteiger partial charge on any atom is -0.384 e. The summed E-state index contributed by atoms with van der Waals surface area (Å²) in [5.74, 6) is -0.691. The molecule has 92 valence electrons. The minimum atomic E-state index is -0.472. The largest absolute Gasteiger partial charge is 0.384 e. The van der Waals surface area contributed by atoms with Crippen molar-refractivity contribution in [1.29, 1.82) is 0 Å². The summed E-state index contributed by atoms with van der Waals surface area (Å²) in [7, 11) is 0. The third-order valence-electron chi connectivity index (χ3n) is 2.18. The normalized spacial score (nSPS) is 10.1. The van der Waals surface area contributed by atoms with Gasteiger partial charge in [-0.1, -0.05) is 17.7 Å². The highest BCUT2D eigenvalue weighted by molar-refractivity contribution is 6.33. The molecule has 6 heteroatoms. The molecule has 0 radical (unpaired) electrons. The average Bonchev–Trinajstić information content (AvgIpc) is 2.32. The van der Waals surface area contributed by atoms with Gasteiger partial charge in [0.05, 0.1) is 10.7 Å². The van der Waals surface area contributed by atoms with Crippen molar-refractivity contribution in [2.24, 2.45) is 0 Å². The Balaban J connectivity index is 2.21. The van der Waals surface area contributed by atoms with Gasteiger partial charge in [0.15, 0.2) is 0 Å². The Hall–Kier alpha value is -2.14. The van der Waals surface area contributed by atoms with E-state index in [9.17, 15) is 9.18 Å². The fourth-order valence-corrected chi connectivity index (χ4v) is 1.57. The Morgan fingerprint density at radius 1 is 1.33 bits per heavy atom. The van der Waals surface area contributed by atoms with Gasteiger partial charge in [0.25, 0.3) is 5.91 Å². The van der Waals surface area contributed by atoms with Crippen LogP contribution in [0.2, 0.25) is 5.02 Å². The molecule has 0 aliphatic carbocycles. The van der Waals surface area contributed by atoms with E-state index in [4.69, 9.17) is 17.3 Å². The van der Waals surface area contributed by atoms with Crippen molar-refractivity contribution in [2.45, 2.75) is 0 Å². The van der Waals surface area contributed by atoms with Crippen molar-refractivity contribution in [3.63, 3.8) is 0 Å². The number of nitrogens with two attached hydrogens (primary N) is 1. The molecule has 0 aliphatic heterocycles. The first kappa shape index (κ1) is 12.3. The van der Waals surface area contributed by atoms with Crippen LogP contribution in [0.5, 0.6) is 0 Å². The summed E-state index contributed by atoms with van der Waals surface area (Å²) in [6.45, 7) is 0. The molecule has 0 unspecified atom stereocenters. The Morgan fingerprint density at radius 3 is 2.78 bits per heavy atom. The third-order valence-corrected chi connectivity index (χ3v) is 2.50. The average molecular weight is 266 g/mol. The van der Waals surface area contributed by atoms with Crippen LogP contribution in [0.15, 0.2) is 36.4 Å². The second-order valence-electron chi connectivity index (χ2n) is 3.53. The first-order valence-electron chi connectivity index (χ1n) is 5.05. The van der Waals surface area contributed by atoms with E-state index in [-0.39, 0.29) is 16.5 Å². The number of benzene rings is 1. The molecule has 0 saturated heterocycles. The van der Waals surface area contributed by atoms with Gasteiger partial charge in [0.2, 0.25) is 0 Å². The molecular weight excluding hydrogens is 257 g/mol. The fourth-order valence-electron chi connectivity index (χ4n) is 1.36. The highest BCUT2D eigenvalue weighted by atomic mass is 35.5. The molecule has 1 aromatic heterocycles. The number of nitrogens with zero attached hydrogens (tertiary/aromatic N) is 1. The summed E-state index contributed by atoms with van der Waals surface area (Å²) < 4.78 is 12.8. The number of pyridine rings is 1. The lowest BCUT2D eigenvalue weighted by Crippen LogP contribution is -2.14. The predicted molar refractivity (Wildman–Crippen MR) is 68.0 cm³/mol. The maximum absolute atomic E-state index is 12.8. The third kappa shape index (κ3) is 2.75. The second-order valence-corrected chi connectivity index (χ2v) is 3.93. The molecule has 0 saturated carbocycles. The van der Waals surface area contributed by atoms with Crippen LogP contribution in [0, 0.1) is 5.82 Å². The number of nitrogens with one attached hydrogen (secondary N) is 1. The maximum Gasteiger partial charge on any atom is 0.274 e. The molecule has 2 rings (SSSR count). The monoisotopic (exact) mass is 265 g/mol. The fraction of sp³-hybridized carbons (Fsp3) is 0. The van der Waals surface area contributed by atoms with Crippen LogP contribution in [-0.4, -0.2) is 10.9 Å². The number of hydrogen-bond donors (Lipinski definition) is 2. The number of carbonyl (C=O) groups excluding carboxylic acids is 1. The lowest BCUT2D eigenvalue weighted by molar-refractivity contribution is 0.102. The van der Waals surface area contributed by atoms with Crippen molar-refractivity contribution in [3.05, 3.63) is 52.9 Å². The lowest BCUT2D eigenvalue weighted by Gasteiger charge is -2.06. The number of anilines is 2. The Labute approximate surface area is 108 Å². The molecule has 0 fully saturated rings. The molecule has 1 heterocycles. The topological polar surface area (TPSA) is 68.0 Å². The van der Waals surface area contributed by atoms with Crippen molar-refractivity contribution in [3.8, 4) is 0 Å². The van der Waals surface area contributed by atoms with Crippen molar-refractivity contribution in [2.75, 3.05) is 11.1 Å². The van der Waals surface area contributed by atoms with E-state index in [1.54, 1.807) is 12.1 Å². The summed E-state index contributed by atoms with van der Waals surface area (Å²) in [5.41, 5.74) is 5.95. The van der Waals surface area contributed by atoms with Crippen molar-refractivity contribution >= 4 is 29.0 Å². The zero-order chi connectivity index (χ0) is 13.1. The SMILES string of the molecule is Nc1cccc(C(=O)Nc2ccc(F)cc2Cl)n1. The highest BCUT2D eigenvalue weighted by Gasteiger charge is 2.10. The van der Waals surface area contributed by atoms with E-state index in [1.807, 2.05) is 0 Å². The van der Waals surface area contributed by atoms with Crippen molar-refractivity contribution in [1.82, 2.24) is 4.98 Å². The first-order valence-corrected chi connectivity index (χ1v) is 5.43. The maximum atomic E-state index is 12.8. The Kier molecular flexibility index (Phi) is 3.43.